The van der Waals surface area contributed by atoms with Crippen LogP contribution in [0.3, 0.4) is 0 Å². The highest BCUT2D eigenvalue weighted by molar-refractivity contribution is 5.73. The Kier molecular flexibility index (Phi) is 5.05. The number of rotatable bonds is 5. The van der Waals surface area contributed by atoms with Gasteiger partial charge in [-0.15, -0.1) is 0 Å². The van der Waals surface area contributed by atoms with E-state index < -0.39 is 5.97 Å². The van der Waals surface area contributed by atoms with Gasteiger partial charge in [-0.25, -0.2) is 0 Å². The molecule has 0 aromatic heterocycles. The number of carboxylic acid groups (broad SMARTS) is 1. The lowest BCUT2D eigenvalue weighted by Crippen LogP contribution is -2.47. The SMILES string of the molecule is CCC1CCCN(C(CCN)C(=O)O)C1. The molecule has 1 rings (SSSR count). The van der Waals surface area contributed by atoms with Crippen molar-refractivity contribution in [2.45, 2.75) is 38.6 Å². The van der Waals surface area contributed by atoms with Crippen molar-refractivity contribution in [3.8, 4) is 0 Å². The van der Waals surface area contributed by atoms with Crippen LogP contribution in [0.5, 0.6) is 0 Å². The largest absolute Gasteiger partial charge is 0.480 e. The third-order valence-corrected chi connectivity index (χ3v) is 3.29. The molecule has 1 aliphatic heterocycles. The minimum atomic E-state index is -0.725. The van der Waals surface area contributed by atoms with E-state index in [1.807, 2.05) is 0 Å². The molecular formula is C11H22N2O2. The molecule has 0 amide bonds. The van der Waals surface area contributed by atoms with E-state index in [-0.39, 0.29) is 6.04 Å². The lowest BCUT2D eigenvalue weighted by Gasteiger charge is -2.36. The highest BCUT2D eigenvalue weighted by atomic mass is 16.4. The van der Waals surface area contributed by atoms with Gasteiger partial charge in [-0.2, -0.15) is 0 Å². The minimum absolute atomic E-state index is 0.371. The third kappa shape index (κ3) is 3.47. The van der Waals surface area contributed by atoms with Crippen LogP contribution in [-0.4, -0.2) is 41.7 Å². The van der Waals surface area contributed by atoms with Crippen LogP contribution in [-0.2, 0) is 4.79 Å². The van der Waals surface area contributed by atoms with Gasteiger partial charge in [0, 0.05) is 6.54 Å². The topological polar surface area (TPSA) is 66.6 Å². The normalized spacial score (nSPS) is 25.1. The summed E-state index contributed by atoms with van der Waals surface area (Å²) in [6, 6.07) is -0.371. The number of nitrogens with two attached hydrogens (primary N) is 1. The molecule has 0 bridgehead atoms. The van der Waals surface area contributed by atoms with Gasteiger partial charge >= 0.3 is 5.97 Å². The Morgan fingerprint density at radius 3 is 2.93 bits per heavy atom. The molecular weight excluding hydrogens is 192 g/mol. The van der Waals surface area contributed by atoms with E-state index in [1.54, 1.807) is 0 Å². The summed E-state index contributed by atoms with van der Waals surface area (Å²) in [5.74, 6) is -0.0597. The molecule has 0 saturated carbocycles. The zero-order valence-corrected chi connectivity index (χ0v) is 9.48. The number of piperidine rings is 1. The summed E-state index contributed by atoms with van der Waals surface area (Å²) >= 11 is 0. The van der Waals surface area contributed by atoms with Crippen LogP contribution >= 0.6 is 0 Å². The predicted octanol–water partition coefficient (Wildman–Crippen LogP) is 0.910. The van der Waals surface area contributed by atoms with E-state index >= 15 is 0 Å². The van der Waals surface area contributed by atoms with Crippen LogP contribution in [0.25, 0.3) is 0 Å². The number of hydrogen-bond donors (Lipinski definition) is 2. The van der Waals surface area contributed by atoms with Gasteiger partial charge in [0.2, 0.25) is 0 Å². The fraction of sp³-hybridized carbons (Fsp3) is 0.909. The van der Waals surface area contributed by atoms with Crippen molar-refractivity contribution < 1.29 is 9.90 Å². The van der Waals surface area contributed by atoms with Crippen LogP contribution in [0.15, 0.2) is 0 Å². The summed E-state index contributed by atoms with van der Waals surface area (Å²) in [5, 5.41) is 9.12. The van der Waals surface area contributed by atoms with E-state index in [0.717, 1.165) is 25.9 Å². The molecule has 0 aromatic rings. The maximum absolute atomic E-state index is 11.1. The lowest BCUT2D eigenvalue weighted by molar-refractivity contribution is -0.144. The standard InChI is InChI=1S/C11H22N2O2/c1-2-9-4-3-7-13(8-9)10(5-6-12)11(14)15/h9-10H,2-8,12H2,1H3,(H,14,15). The molecule has 1 saturated heterocycles. The van der Waals surface area contributed by atoms with E-state index in [1.165, 1.54) is 6.42 Å². The molecule has 0 aromatic carbocycles. The van der Waals surface area contributed by atoms with Gasteiger partial charge in [0.05, 0.1) is 0 Å². The second-order valence-corrected chi connectivity index (χ2v) is 4.34. The highest BCUT2D eigenvalue weighted by Crippen LogP contribution is 2.21. The monoisotopic (exact) mass is 214 g/mol. The van der Waals surface area contributed by atoms with Crippen LogP contribution in [0, 0.1) is 5.92 Å². The molecule has 0 radical (unpaired) electrons. The highest BCUT2D eigenvalue weighted by Gasteiger charge is 2.28. The fourth-order valence-corrected chi connectivity index (χ4v) is 2.33. The summed E-state index contributed by atoms with van der Waals surface area (Å²) in [4.78, 5) is 13.2. The number of nitrogens with zero attached hydrogens (tertiary/aromatic N) is 1. The average molecular weight is 214 g/mol. The Balaban J connectivity index is 2.54. The second kappa shape index (κ2) is 6.08. The quantitative estimate of drug-likeness (QED) is 0.714. The van der Waals surface area contributed by atoms with Crippen molar-refractivity contribution in [1.29, 1.82) is 0 Å². The number of likely N-dealkylation sites (tertiary alicyclic amines) is 1. The predicted molar refractivity (Wildman–Crippen MR) is 59.7 cm³/mol. The van der Waals surface area contributed by atoms with Gasteiger partial charge < -0.3 is 10.8 Å². The molecule has 4 heteroatoms. The van der Waals surface area contributed by atoms with E-state index in [0.29, 0.717) is 18.9 Å². The Bertz CT molecular complexity index is 209. The lowest BCUT2D eigenvalue weighted by atomic mass is 9.94. The van der Waals surface area contributed by atoms with E-state index in [2.05, 4.69) is 11.8 Å². The number of aliphatic carboxylic acids is 1. The first kappa shape index (κ1) is 12.5. The summed E-state index contributed by atoms with van der Waals surface area (Å²) in [6.45, 7) is 4.46. The van der Waals surface area contributed by atoms with E-state index in [4.69, 9.17) is 10.8 Å². The Hall–Kier alpha value is -0.610. The first-order valence-electron chi connectivity index (χ1n) is 5.86. The summed E-state index contributed by atoms with van der Waals surface area (Å²) in [7, 11) is 0. The number of hydrogen-bond acceptors (Lipinski definition) is 3. The minimum Gasteiger partial charge on any atom is -0.480 e. The molecule has 1 heterocycles. The molecule has 0 aliphatic carbocycles. The zero-order valence-electron chi connectivity index (χ0n) is 9.48. The van der Waals surface area contributed by atoms with Crippen LogP contribution in [0.1, 0.15) is 32.6 Å². The summed E-state index contributed by atoms with van der Waals surface area (Å²) in [6.07, 6.45) is 4.06. The Labute approximate surface area is 91.4 Å². The maximum Gasteiger partial charge on any atom is 0.320 e. The first-order valence-corrected chi connectivity index (χ1v) is 5.86. The van der Waals surface area contributed by atoms with Crippen molar-refractivity contribution in [3.63, 3.8) is 0 Å². The molecule has 2 unspecified atom stereocenters. The first-order chi connectivity index (χ1) is 7.19. The van der Waals surface area contributed by atoms with Crippen molar-refractivity contribution >= 4 is 5.97 Å². The summed E-state index contributed by atoms with van der Waals surface area (Å²) in [5.41, 5.74) is 5.45. The van der Waals surface area contributed by atoms with Gasteiger partial charge in [0.25, 0.3) is 0 Å². The van der Waals surface area contributed by atoms with Gasteiger partial charge in [0.15, 0.2) is 0 Å². The smallest absolute Gasteiger partial charge is 0.320 e. The van der Waals surface area contributed by atoms with Gasteiger partial charge in [0.1, 0.15) is 6.04 Å². The van der Waals surface area contributed by atoms with Crippen LogP contribution < -0.4 is 5.73 Å². The average Bonchev–Trinajstić information content (AvgIpc) is 2.25. The second-order valence-electron chi connectivity index (χ2n) is 4.34. The fourth-order valence-electron chi connectivity index (χ4n) is 2.33. The molecule has 0 spiro atoms. The summed E-state index contributed by atoms with van der Waals surface area (Å²) < 4.78 is 0. The molecule has 1 fully saturated rings. The van der Waals surface area contributed by atoms with Crippen LogP contribution in [0.2, 0.25) is 0 Å². The van der Waals surface area contributed by atoms with E-state index in [9.17, 15) is 4.79 Å². The molecule has 2 atom stereocenters. The maximum atomic E-state index is 11.1. The van der Waals surface area contributed by atoms with Gasteiger partial charge in [-0.3, -0.25) is 9.69 Å². The Morgan fingerprint density at radius 1 is 1.67 bits per heavy atom. The van der Waals surface area contributed by atoms with Gasteiger partial charge in [-0.05, 0) is 38.3 Å². The van der Waals surface area contributed by atoms with Gasteiger partial charge in [-0.1, -0.05) is 13.3 Å². The molecule has 4 nitrogen and oxygen atoms in total. The molecule has 3 N–H and O–H groups in total. The van der Waals surface area contributed by atoms with Crippen molar-refractivity contribution in [2.75, 3.05) is 19.6 Å². The third-order valence-electron chi connectivity index (χ3n) is 3.29. The van der Waals surface area contributed by atoms with Crippen molar-refractivity contribution in [2.24, 2.45) is 11.7 Å². The van der Waals surface area contributed by atoms with Crippen molar-refractivity contribution in [3.05, 3.63) is 0 Å². The molecule has 1 aliphatic rings. The Morgan fingerprint density at radius 2 is 2.40 bits per heavy atom. The number of carbonyl (C=O) groups is 1. The molecule has 88 valence electrons. The molecule has 15 heavy (non-hydrogen) atoms. The van der Waals surface area contributed by atoms with Crippen molar-refractivity contribution in [1.82, 2.24) is 4.90 Å². The number of carboxylic acids is 1. The van der Waals surface area contributed by atoms with Crippen LogP contribution in [0.4, 0.5) is 0 Å². The zero-order chi connectivity index (χ0) is 11.3.